The summed E-state index contributed by atoms with van der Waals surface area (Å²) in [5.74, 6) is 0.384. The Labute approximate surface area is 176 Å². The molecule has 0 aliphatic heterocycles. The topological polar surface area (TPSA) is 91.7 Å². The molecular weight excluding hydrogens is 402 g/mol. The first-order chi connectivity index (χ1) is 14.4. The minimum Gasteiger partial charge on any atom is -0.468 e. The Morgan fingerprint density at radius 1 is 1.03 bits per heavy atom. The zero-order chi connectivity index (χ0) is 21.6. The highest BCUT2D eigenvalue weighted by atomic mass is 32.2. The molecule has 0 bridgehead atoms. The molecule has 2 N–H and O–H groups in total. The Bertz CT molecular complexity index is 1060. The molecule has 158 valence electrons. The average Bonchev–Trinajstić information content (AvgIpc) is 3.27. The first-order valence-corrected chi connectivity index (χ1v) is 11.0. The van der Waals surface area contributed by atoms with Crippen LogP contribution in [0.2, 0.25) is 0 Å². The highest BCUT2D eigenvalue weighted by Gasteiger charge is 2.20. The predicted octanol–water partition coefficient (Wildman–Crippen LogP) is 2.79. The Kier molecular flexibility index (Phi) is 7.04. The number of carbonyl (C=O) groups is 1. The molecule has 3 aromatic rings. The maximum absolute atomic E-state index is 12.6. The van der Waals surface area contributed by atoms with Crippen molar-refractivity contribution in [2.75, 3.05) is 20.6 Å². The van der Waals surface area contributed by atoms with Crippen LogP contribution >= 0.6 is 0 Å². The molecule has 0 radical (unpaired) electrons. The molecule has 3 rings (SSSR count). The lowest BCUT2D eigenvalue weighted by atomic mass is 10.2. The van der Waals surface area contributed by atoms with Crippen molar-refractivity contribution in [3.05, 3.63) is 89.9 Å². The number of amides is 1. The van der Waals surface area contributed by atoms with E-state index in [1.807, 2.05) is 55.4 Å². The molecule has 30 heavy (non-hydrogen) atoms. The number of benzene rings is 2. The highest BCUT2D eigenvalue weighted by molar-refractivity contribution is 7.89. The van der Waals surface area contributed by atoms with Crippen molar-refractivity contribution in [3.63, 3.8) is 0 Å². The summed E-state index contributed by atoms with van der Waals surface area (Å²) in [4.78, 5) is 14.6. The smallest absolute Gasteiger partial charge is 0.251 e. The maximum atomic E-state index is 12.6. The summed E-state index contributed by atoms with van der Waals surface area (Å²) in [6.07, 6.45) is 1.59. The van der Waals surface area contributed by atoms with Gasteiger partial charge in [-0.25, -0.2) is 13.1 Å². The second-order valence-electron chi connectivity index (χ2n) is 7.04. The van der Waals surface area contributed by atoms with Crippen LogP contribution in [0.15, 0.2) is 82.3 Å². The summed E-state index contributed by atoms with van der Waals surface area (Å²) < 4.78 is 33.3. The quantitative estimate of drug-likeness (QED) is 0.548. The third-order valence-electron chi connectivity index (χ3n) is 4.67. The van der Waals surface area contributed by atoms with Gasteiger partial charge in [0.1, 0.15) is 5.76 Å². The second-order valence-corrected chi connectivity index (χ2v) is 8.81. The fraction of sp³-hybridized carbons (Fsp3) is 0.227. The number of hydrogen-bond acceptors (Lipinski definition) is 5. The van der Waals surface area contributed by atoms with E-state index in [2.05, 4.69) is 10.0 Å². The van der Waals surface area contributed by atoms with Crippen LogP contribution in [0.25, 0.3) is 0 Å². The molecule has 0 fully saturated rings. The minimum atomic E-state index is -3.75. The van der Waals surface area contributed by atoms with Crippen LogP contribution in [0.3, 0.4) is 0 Å². The fourth-order valence-electron chi connectivity index (χ4n) is 2.97. The lowest BCUT2D eigenvalue weighted by molar-refractivity contribution is 0.0939. The molecule has 2 aromatic carbocycles. The van der Waals surface area contributed by atoms with E-state index >= 15 is 0 Å². The molecule has 0 saturated heterocycles. The molecule has 1 atom stereocenters. The van der Waals surface area contributed by atoms with Crippen LogP contribution < -0.4 is 10.0 Å². The molecule has 8 heteroatoms. The molecule has 0 saturated carbocycles. The number of nitrogens with zero attached hydrogens (tertiary/aromatic N) is 1. The maximum Gasteiger partial charge on any atom is 0.251 e. The molecule has 0 unspecified atom stereocenters. The minimum absolute atomic E-state index is 0.0428. The second kappa shape index (κ2) is 9.71. The van der Waals surface area contributed by atoms with Gasteiger partial charge in [0.25, 0.3) is 5.91 Å². The summed E-state index contributed by atoms with van der Waals surface area (Å²) in [5, 5.41) is 2.85. The van der Waals surface area contributed by atoms with Gasteiger partial charge in [-0.3, -0.25) is 9.69 Å². The molecule has 1 aromatic heterocycles. The Hall–Kier alpha value is -2.94. The third-order valence-corrected chi connectivity index (χ3v) is 6.07. The standard InChI is InChI=1S/C22H25N3O4S/c1-25(2)20(21-12-7-13-29-21)16-23-22(26)18-10-6-11-19(14-18)30(27,28)24-15-17-8-4-3-5-9-17/h3-14,20,24H,15-16H2,1-2H3,(H,23,26)/t20-/m1/s1. The van der Waals surface area contributed by atoms with Gasteiger partial charge in [-0.2, -0.15) is 0 Å². The van der Waals surface area contributed by atoms with Crippen molar-refractivity contribution in [1.82, 2.24) is 14.9 Å². The molecule has 1 heterocycles. The van der Waals surface area contributed by atoms with Crippen molar-refractivity contribution in [2.45, 2.75) is 17.5 Å². The summed E-state index contributed by atoms with van der Waals surface area (Å²) in [6, 6.07) is 18.7. The van der Waals surface area contributed by atoms with Gasteiger partial charge in [-0.05, 0) is 50.0 Å². The molecular formula is C22H25N3O4S. The van der Waals surface area contributed by atoms with Crippen molar-refractivity contribution in [1.29, 1.82) is 0 Å². The summed E-state index contributed by atoms with van der Waals surface area (Å²) >= 11 is 0. The third kappa shape index (κ3) is 5.56. The van der Waals surface area contributed by atoms with Gasteiger partial charge in [0.05, 0.1) is 17.2 Å². The van der Waals surface area contributed by atoms with Gasteiger partial charge < -0.3 is 9.73 Å². The lowest BCUT2D eigenvalue weighted by Crippen LogP contribution is -2.34. The molecule has 7 nitrogen and oxygen atoms in total. The van der Waals surface area contributed by atoms with E-state index in [1.54, 1.807) is 24.5 Å². The highest BCUT2D eigenvalue weighted by Crippen LogP contribution is 2.18. The monoisotopic (exact) mass is 427 g/mol. The van der Waals surface area contributed by atoms with E-state index in [4.69, 9.17) is 4.42 Å². The van der Waals surface area contributed by atoms with Crippen molar-refractivity contribution in [2.24, 2.45) is 0 Å². The Morgan fingerprint density at radius 2 is 1.80 bits per heavy atom. The molecule has 1 amide bonds. The molecule has 0 spiro atoms. The summed E-state index contributed by atoms with van der Waals surface area (Å²) in [6.45, 7) is 0.496. The zero-order valence-corrected chi connectivity index (χ0v) is 17.7. The van der Waals surface area contributed by atoms with Gasteiger partial charge in [0.2, 0.25) is 10.0 Å². The van der Waals surface area contributed by atoms with E-state index in [9.17, 15) is 13.2 Å². The van der Waals surface area contributed by atoms with Crippen LogP contribution in [-0.4, -0.2) is 39.9 Å². The van der Waals surface area contributed by atoms with Gasteiger partial charge in [0, 0.05) is 18.7 Å². The number of likely N-dealkylation sites (N-methyl/N-ethyl adjacent to an activating group) is 1. The SMILES string of the molecule is CN(C)[C@H](CNC(=O)c1cccc(S(=O)(=O)NCc2ccccc2)c1)c1ccco1. The number of nitrogens with one attached hydrogen (secondary N) is 2. The van der Waals surface area contributed by atoms with Gasteiger partial charge in [0.15, 0.2) is 0 Å². The number of carbonyl (C=O) groups excluding carboxylic acids is 1. The Balaban J connectivity index is 1.67. The van der Waals surface area contributed by atoms with E-state index in [0.717, 1.165) is 11.3 Å². The van der Waals surface area contributed by atoms with Crippen LogP contribution in [0.5, 0.6) is 0 Å². The largest absolute Gasteiger partial charge is 0.468 e. The fourth-order valence-corrected chi connectivity index (χ4v) is 4.04. The van der Waals surface area contributed by atoms with Gasteiger partial charge in [-0.1, -0.05) is 36.4 Å². The first-order valence-electron chi connectivity index (χ1n) is 9.48. The molecule has 0 aliphatic rings. The van der Waals surface area contributed by atoms with Gasteiger partial charge in [-0.15, -0.1) is 0 Å². The van der Waals surface area contributed by atoms with Crippen LogP contribution in [-0.2, 0) is 16.6 Å². The number of sulfonamides is 1. The number of rotatable bonds is 9. The van der Waals surface area contributed by atoms with Crippen LogP contribution in [0, 0.1) is 0 Å². The van der Waals surface area contributed by atoms with Crippen LogP contribution in [0.1, 0.15) is 27.7 Å². The molecule has 0 aliphatic carbocycles. The lowest BCUT2D eigenvalue weighted by Gasteiger charge is -2.22. The summed E-state index contributed by atoms with van der Waals surface area (Å²) in [7, 11) is 0.0397. The van der Waals surface area contributed by atoms with Gasteiger partial charge >= 0.3 is 0 Å². The summed E-state index contributed by atoms with van der Waals surface area (Å²) in [5.41, 5.74) is 1.12. The Morgan fingerprint density at radius 3 is 2.47 bits per heavy atom. The first kappa shape index (κ1) is 21.8. The normalized spacial score (nSPS) is 12.6. The van der Waals surface area contributed by atoms with Crippen molar-refractivity contribution in [3.8, 4) is 0 Å². The zero-order valence-electron chi connectivity index (χ0n) is 16.9. The van der Waals surface area contributed by atoms with Crippen LogP contribution in [0.4, 0.5) is 0 Å². The van der Waals surface area contributed by atoms with E-state index < -0.39 is 10.0 Å². The van der Waals surface area contributed by atoms with Crippen molar-refractivity contribution < 1.29 is 17.6 Å². The number of hydrogen-bond donors (Lipinski definition) is 2. The van der Waals surface area contributed by atoms with E-state index in [1.165, 1.54) is 12.1 Å². The number of furan rings is 1. The predicted molar refractivity (Wildman–Crippen MR) is 114 cm³/mol. The van der Waals surface area contributed by atoms with Crippen molar-refractivity contribution >= 4 is 15.9 Å². The van der Waals surface area contributed by atoms with E-state index in [-0.39, 0.29) is 29.0 Å². The average molecular weight is 428 g/mol. The van der Waals surface area contributed by atoms with E-state index in [0.29, 0.717) is 6.54 Å².